The Morgan fingerprint density at radius 1 is 1.16 bits per heavy atom. The molecule has 2 aliphatic rings. The van der Waals surface area contributed by atoms with Gasteiger partial charge in [-0.05, 0) is 68.6 Å². The summed E-state index contributed by atoms with van der Waals surface area (Å²) in [5.41, 5.74) is -0.214. The number of halogens is 1. The van der Waals surface area contributed by atoms with Crippen molar-refractivity contribution in [3.05, 3.63) is 52.7 Å². The molecule has 1 aromatic carbocycles. The largest absolute Gasteiger partial charge is 0.325 e. The number of rotatable bonds is 6. The first kappa shape index (κ1) is 22.4. The number of likely N-dealkylation sites (tertiary alicyclic amines) is 1. The van der Waals surface area contributed by atoms with Crippen LogP contribution in [0.25, 0.3) is 0 Å². The Bertz CT molecular complexity index is 1020. The van der Waals surface area contributed by atoms with Crippen LogP contribution in [-0.2, 0) is 22.7 Å². The summed E-state index contributed by atoms with van der Waals surface area (Å²) < 4.78 is 13.2. The second-order valence-corrected chi connectivity index (χ2v) is 9.82. The molecule has 1 atom stereocenters. The molecule has 4 amide bonds. The van der Waals surface area contributed by atoms with Crippen molar-refractivity contribution in [3.8, 4) is 0 Å². The molecular formula is C23H27FN4O3S. The van der Waals surface area contributed by atoms with Gasteiger partial charge in [0.15, 0.2) is 0 Å². The number of carbonyl (C=O) groups excluding carboxylic acids is 3. The summed E-state index contributed by atoms with van der Waals surface area (Å²) in [4.78, 5) is 41.7. The van der Waals surface area contributed by atoms with E-state index in [0.717, 1.165) is 37.5 Å². The Hall–Kier alpha value is -2.78. The van der Waals surface area contributed by atoms with Gasteiger partial charge in [0.05, 0.1) is 11.5 Å². The average Bonchev–Trinajstić information content (AvgIpc) is 3.27. The van der Waals surface area contributed by atoms with Crippen molar-refractivity contribution < 1.29 is 18.8 Å². The van der Waals surface area contributed by atoms with Crippen LogP contribution < -0.4 is 10.6 Å². The number of amides is 4. The summed E-state index contributed by atoms with van der Waals surface area (Å²) in [5, 5.41) is 6.57. The van der Waals surface area contributed by atoms with Gasteiger partial charge in [0.1, 0.15) is 11.4 Å². The van der Waals surface area contributed by atoms with E-state index in [1.807, 2.05) is 19.1 Å². The van der Waals surface area contributed by atoms with Crippen molar-refractivity contribution in [3.63, 3.8) is 0 Å². The zero-order chi connectivity index (χ0) is 22.9. The third kappa shape index (κ3) is 4.68. The summed E-state index contributed by atoms with van der Waals surface area (Å²) in [5.74, 6) is -0.601. The van der Waals surface area contributed by atoms with Gasteiger partial charge in [-0.3, -0.25) is 19.4 Å². The molecule has 2 saturated heterocycles. The predicted octanol–water partition coefficient (Wildman–Crippen LogP) is 3.57. The first-order valence-electron chi connectivity index (χ1n) is 10.7. The molecule has 2 aliphatic heterocycles. The van der Waals surface area contributed by atoms with E-state index >= 15 is 0 Å². The summed E-state index contributed by atoms with van der Waals surface area (Å²) in [6.45, 7) is 5.90. The molecule has 0 bridgehead atoms. The number of thiophene rings is 1. The highest BCUT2D eigenvalue weighted by Gasteiger charge is 2.52. The van der Waals surface area contributed by atoms with Crippen molar-refractivity contribution >= 4 is 34.2 Å². The lowest BCUT2D eigenvalue weighted by atomic mass is 9.79. The summed E-state index contributed by atoms with van der Waals surface area (Å²) >= 11 is 1.57. The normalized spacial score (nSPS) is 22.3. The summed E-state index contributed by atoms with van der Waals surface area (Å²) in [6, 6.07) is 9.38. The molecule has 2 fully saturated rings. The number of hydrogen-bond acceptors (Lipinski definition) is 5. The van der Waals surface area contributed by atoms with Gasteiger partial charge in [-0.25, -0.2) is 9.18 Å². The van der Waals surface area contributed by atoms with Gasteiger partial charge < -0.3 is 10.6 Å². The summed E-state index contributed by atoms with van der Waals surface area (Å²) in [6.07, 6.45) is 1.60. The van der Waals surface area contributed by atoms with E-state index in [4.69, 9.17) is 0 Å². The lowest BCUT2D eigenvalue weighted by Crippen LogP contribution is -2.53. The summed E-state index contributed by atoms with van der Waals surface area (Å²) in [7, 11) is 0. The van der Waals surface area contributed by atoms with Crippen LogP contribution in [0.2, 0.25) is 0 Å². The highest BCUT2D eigenvalue weighted by molar-refractivity contribution is 7.16. The molecular weight excluding hydrogens is 431 g/mol. The molecule has 3 heterocycles. The highest BCUT2D eigenvalue weighted by atomic mass is 32.1. The predicted molar refractivity (Wildman–Crippen MR) is 121 cm³/mol. The maximum Gasteiger partial charge on any atom is 0.325 e. The topological polar surface area (TPSA) is 81.8 Å². The third-order valence-corrected chi connectivity index (χ3v) is 7.28. The molecule has 32 heavy (non-hydrogen) atoms. The number of anilines is 1. The quantitative estimate of drug-likeness (QED) is 0.649. The number of nitrogens with zero attached hydrogens (tertiary/aromatic N) is 2. The van der Waals surface area contributed by atoms with Crippen LogP contribution in [-0.4, -0.2) is 46.3 Å². The van der Waals surface area contributed by atoms with E-state index in [1.165, 1.54) is 28.8 Å². The van der Waals surface area contributed by atoms with Gasteiger partial charge in [-0.2, -0.15) is 0 Å². The maximum atomic E-state index is 13.2. The molecule has 0 spiro atoms. The van der Waals surface area contributed by atoms with E-state index in [1.54, 1.807) is 23.5 Å². The molecule has 2 N–H and O–H groups in total. The van der Waals surface area contributed by atoms with Crippen LogP contribution in [0.4, 0.5) is 14.2 Å². The van der Waals surface area contributed by atoms with Gasteiger partial charge in [-0.15, -0.1) is 11.3 Å². The van der Waals surface area contributed by atoms with E-state index in [9.17, 15) is 18.8 Å². The minimum atomic E-state index is -0.926. The van der Waals surface area contributed by atoms with Crippen LogP contribution >= 0.6 is 11.3 Å². The lowest BCUT2D eigenvalue weighted by Gasteiger charge is -2.38. The smallest absolute Gasteiger partial charge is 0.323 e. The molecule has 170 valence electrons. The van der Waals surface area contributed by atoms with Crippen molar-refractivity contribution in [2.75, 3.05) is 18.4 Å². The minimum absolute atomic E-state index is 0.0479. The Kier molecular flexibility index (Phi) is 6.30. The van der Waals surface area contributed by atoms with Gasteiger partial charge in [0, 0.05) is 18.3 Å². The SMILES string of the molecule is CC(=O)Nc1ccc(CN2CCC(C3(C)NC(=O)N(Cc4ccc(F)cc4)C3=O)CC2)s1. The van der Waals surface area contributed by atoms with Crippen LogP contribution in [0.5, 0.6) is 0 Å². The van der Waals surface area contributed by atoms with Crippen LogP contribution in [0.3, 0.4) is 0 Å². The molecule has 9 heteroatoms. The average molecular weight is 459 g/mol. The zero-order valence-corrected chi connectivity index (χ0v) is 19.0. The number of piperidine rings is 1. The van der Waals surface area contributed by atoms with Gasteiger partial charge >= 0.3 is 6.03 Å². The Morgan fingerprint density at radius 2 is 1.84 bits per heavy atom. The Labute approximate surface area is 190 Å². The van der Waals surface area contributed by atoms with Crippen molar-refractivity contribution in [1.82, 2.24) is 15.1 Å². The fraction of sp³-hybridized carbons (Fsp3) is 0.435. The molecule has 2 aromatic rings. The maximum absolute atomic E-state index is 13.2. The zero-order valence-electron chi connectivity index (χ0n) is 18.2. The van der Waals surface area contributed by atoms with E-state index < -0.39 is 11.6 Å². The standard InChI is InChI=1S/C23H27FN4O3S/c1-15(29)25-20-8-7-19(32-20)14-27-11-9-17(10-12-27)23(2)21(30)28(22(31)26-23)13-16-3-5-18(24)6-4-16/h3-8,17H,9-14H2,1-2H3,(H,25,29)(H,26,31). The number of urea groups is 1. The molecule has 4 rings (SSSR count). The van der Waals surface area contributed by atoms with Crippen molar-refractivity contribution in [1.29, 1.82) is 0 Å². The van der Waals surface area contributed by atoms with Gasteiger partial charge in [0.2, 0.25) is 5.91 Å². The first-order valence-corrected chi connectivity index (χ1v) is 11.5. The molecule has 0 aliphatic carbocycles. The molecule has 0 saturated carbocycles. The number of imide groups is 1. The second-order valence-electron chi connectivity index (χ2n) is 8.65. The second kappa shape index (κ2) is 8.99. The molecule has 1 aromatic heterocycles. The number of carbonyl (C=O) groups is 3. The van der Waals surface area contributed by atoms with Crippen molar-refractivity contribution in [2.24, 2.45) is 5.92 Å². The minimum Gasteiger partial charge on any atom is -0.323 e. The van der Waals surface area contributed by atoms with E-state index in [-0.39, 0.29) is 30.1 Å². The van der Waals surface area contributed by atoms with E-state index in [0.29, 0.717) is 5.56 Å². The first-order chi connectivity index (χ1) is 15.2. The molecule has 7 nitrogen and oxygen atoms in total. The Morgan fingerprint density at radius 3 is 2.50 bits per heavy atom. The number of hydrogen-bond donors (Lipinski definition) is 2. The van der Waals surface area contributed by atoms with Crippen LogP contribution in [0, 0.1) is 11.7 Å². The van der Waals surface area contributed by atoms with Gasteiger partial charge in [0.25, 0.3) is 5.91 Å². The highest BCUT2D eigenvalue weighted by Crippen LogP contribution is 2.35. The number of nitrogens with one attached hydrogen (secondary N) is 2. The molecule has 0 radical (unpaired) electrons. The van der Waals surface area contributed by atoms with Crippen molar-refractivity contribution in [2.45, 2.75) is 45.3 Å². The van der Waals surface area contributed by atoms with Gasteiger partial charge in [-0.1, -0.05) is 12.1 Å². The van der Waals surface area contributed by atoms with Crippen LogP contribution in [0.1, 0.15) is 37.1 Å². The third-order valence-electron chi connectivity index (χ3n) is 6.30. The molecule has 1 unspecified atom stereocenters. The van der Waals surface area contributed by atoms with E-state index in [2.05, 4.69) is 15.5 Å². The van der Waals surface area contributed by atoms with Crippen LogP contribution in [0.15, 0.2) is 36.4 Å². The number of benzene rings is 1. The Balaban J connectivity index is 1.34. The fourth-order valence-corrected chi connectivity index (χ4v) is 5.50. The lowest BCUT2D eigenvalue weighted by molar-refractivity contribution is -0.133. The fourth-order valence-electron chi connectivity index (χ4n) is 4.50. The monoisotopic (exact) mass is 458 g/mol.